The zero-order valence-electron chi connectivity index (χ0n) is 13.0. The Morgan fingerprint density at radius 3 is 2.92 bits per heavy atom. The fraction of sp³-hybridized carbons (Fsp3) is 0.188. The molecule has 1 unspecified atom stereocenters. The van der Waals surface area contributed by atoms with Crippen LogP contribution >= 0.6 is 11.3 Å². The molecule has 2 N–H and O–H groups in total. The molecule has 0 bridgehead atoms. The summed E-state index contributed by atoms with van der Waals surface area (Å²) in [4.78, 5) is 33.0. The molecular weight excluding hydrogens is 321 g/mol. The minimum Gasteiger partial charge on any atom is -0.480 e. The first kappa shape index (κ1) is 16.8. The van der Waals surface area contributed by atoms with Crippen LogP contribution in [0.1, 0.15) is 21.7 Å². The van der Waals surface area contributed by atoms with E-state index in [1.807, 2.05) is 29.6 Å². The molecule has 116 valence electrons. The number of nitrogens with one attached hydrogen (secondary N) is 1. The van der Waals surface area contributed by atoms with Crippen molar-refractivity contribution in [1.82, 2.24) is 14.9 Å². The predicted molar refractivity (Wildman–Crippen MR) is 85.4 cm³/mol. The van der Waals surface area contributed by atoms with Crippen molar-refractivity contribution in [3.63, 3.8) is 0 Å². The largest absolute Gasteiger partial charge is 1.00 e. The number of aromatic nitrogens is 2. The number of nitrogens with zero attached hydrogens (tertiary/aromatic N) is 2. The van der Waals surface area contributed by atoms with Crippen molar-refractivity contribution < 1.29 is 33.6 Å². The maximum atomic E-state index is 12.7. The van der Waals surface area contributed by atoms with Crippen LogP contribution in [-0.2, 0) is 17.8 Å². The molecule has 6 nitrogen and oxygen atoms in total. The molecule has 0 saturated carbocycles. The first-order chi connectivity index (χ1) is 11.1. The van der Waals surface area contributed by atoms with Gasteiger partial charge >= 0.3 is 24.8 Å². The molecule has 1 amide bonds. The molecule has 0 saturated heterocycles. The Hall–Kier alpha value is -2.07. The Labute approximate surface area is 153 Å². The fourth-order valence-corrected chi connectivity index (χ4v) is 3.62. The summed E-state index contributed by atoms with van der Waals surface area (Å²) >= 11 is 1.41. The molecule has 0 aliphatic carbocycles. The normalized spacial score (nSPS) is 14.5. The van der Waals surface area contributed by atoms with Gasteiger partial charge in [0.15, 0.2) is 0 Å². The summed E-state index contributed by atoms with van der Waals surface area (Å²) in [5.74, 6) is -1.28. The number of carboxylic acids is 1. The zero-order valence-corrected chi connectivity index (χ0v) is 13.8. The van der Waals surface area contributed by atoms with Gasteiger partial charge in [-0.25, -0.2) is 9.78 Å². The van der Waals surface area contributed by atoms with E-state index in [4.69, 9.17) is 0 Å². The summed E-state index contributed by atoms with van der Waals surface area (Å²) < 4.78 is 0. The first-order valence-electron chi connectivity index (χ1n) is 7.15. The fourth-order valence-electron chi connectivity index (χ4n) is 3.05. The molecule has 3 heterocycles. The number of carbonyl (C=O) groups is 2. The first-order valence-corrected chi connectivity index (χ1v) is 8.10. The SMILES string of the molecule is O=C(O)C(Cc1cscn1)N1Cc2c([nH]c3ccccc23)C1=O.[Li+]. The van der Waals surface area contributed by atoms with Crippen LogP contribution in [0.25, 0.3) is 10.9 Å². The number of hydrogen-bond acceptors (Lipinski definition) is 4. The summed E-state index contributed by atoms with van der Waals surface area (Å²) in [5.41, 5.74) is 4.62. The number of benzene rings is 1. The second kappa shape index (κ2) is 6.44. The quantitative estimate of drug-likeness (QED) is 0.617. The maximum absolute atomic E-state index is 12.7. The molecule has 1 aliphatic rings. The van der Waals surface area contributed by atoms with Gasteiger partial charge in [0.2, 0.25) is 0 Å². The molecule has 8 heteroatoms. The van der Waals surface area contributed by atoms with E-state index in [9.17, 15) is 14.7 Å². The molecule has 0 spiro atoms. The Balaban J connectivity index is 0.00000169. The van der Waals surface area contributed by atoms with Crippen molar-refractivity contribution in [1.29, 1.82) is 0 Å². The van der Waals surface area contributed by atoms with E-state index in [2.05, 4.69) is 9.97 Å². The van der Waals surface area contributed by atoms with Crippen LogP contribution in [0.4, 0.5) is 0 Å². The molecule has 4 rings (SSSR count). The third kappa shape index (κ3) is 2.65. The molecule has 3 aromatic rings. The van der Waals surface area contributed by atoms with Gasteiger partial charge < -0.3 is 15.0 Å². The summed E-state index contributed by atoms with van der Waals surface area (Å²) in [6.07, 6.45) is 0.215. The number of aliphatic carboxylic acids is 1. The second-order valence-electron chi connectivity index (χ2n) is 5.50. The smallest absolute Gasteiger partial charge is 0.480 e. The van der Waals surface area contributed by atoms with Crippen LogP contribution in [0.2, 0.25) is 0 Å². The summed E-state index contributed by atoms with van der Waals surface area (Å²) in [6.45, 7) is 0.305. The van der Waals surface area contributed by atoms with Crippen molar-refractivity contribution >= 4 is 34.1 Å². The van der Waals surface area contributed by atoms with E-state index in [-0.39, 0.29) is 31.2 Å². The third-order valence-corrected chi connectivity index (χ3v) is 4.80. The maximum Gasteiger partial charge on any atom is 1.00 e. The van der Waals surface area contributed by atoms with Crippen LogP contribution < -0.4 is 18.9 Å². The molecule has 1 aromatic carbocycles. The standard InChI is InChI=1S/C16H13N3O3S.Li/c20-15-14-11(10-3-1-2-4-12(10)18-14)6-19(15)13(16(21)22)5-9-7-23-8-17-9;/h1-4,7-8,13,18H,5-6H2,(H,21,22);/q;+1. The Bertz CT molecular complexity index is 907. The van der Waals surface area contributed by atoms with Gasteiger partial charge in [-0.3, -0.25) is 4.79 Å². The van der Waals surface area contributed by atoms with E-state index in [1.165, 1.54) is 16.2 Å². The average molecular weight is 334 g/mol. The summed E-state index contributed by atoms with van der Waals surface area (Å²) in [6, 6.07) is 6.75. The zero-order chi connectivity index (χ0) is 16.0. The monoisotopic (exact) mass is 334 g/mol. The predicted octanol–water partition coefficient (Wildman–Crippen LogP) is -0.720. The minimum atomic E-state index is -1.01. The average Bonchev–Trinajstić information content (AvgIpc) is 3.23. The van der Waals surface area contributed by atoms with Gasteiger partial charge in [0.25, 0.3) is 5.91 Å². The van der Waals surface area contributed by atoms with E-state index in [0.29, 0.717) is 17.9 Å². The number of hydrogen-bond donors (Lipinski definition) is 2. The number of fused-ring (bicyclic) bond motifs is 3. The number of carboxylic acid groups (broad SMARTS) is 1. The van der Waals surface area contributed by atoms with Crippen molar-refractivity contribution in [2.24, 2.45) is 0 Å². The Kier molecular flexibility index (Phi) is 4.50. The van der Waals surface area contributed by atoms with Crippen molar-refractivity contribution in [3.05, 3.63) is 52.1 Å². The molecule has 24 heavy (non-hydrogen) atoms. The number of aromatic amines is 1. The molecule has 1 atom stereocenters. The Morgan fingerprint density at radius 2 is 2.21 bits per heavy atom. The van der Waals surface area contributed by atoms with Crippen molar-refractivity contribution in [2.75, 3.05) is 0 Å². The van der Waals surface area contributed by atoms with E-state index >= 15 is 0 Å². The minimum absolute atomic E-state index is 0. The van der Waals surface area contributed by atoms with Crippen LogP contribution in [-0.4, -0.2) is 37.9 Å². The van der Waals surface area contributed by atoms with Gasteiger partial charge in [0.1, 0.15) is 11.7 Å². The van der Waals surface area contributed by atoms with E-state index in [0.717, 1.165) is 16.5 Å². The third-order valence-electron chi connectivity index (χ3n) is 4.16. The topological polar surface area (TPSA) is 86.3 Å². The van der Waals surface area contributed by atoms with Crippen LogP contribution in [0.3, 0.4) is 0 Å². The van der Waals surface area contributed by atoms with Gasteiger partial charge in [-0.15, -0.1) is 11.3 Å². The van der Waals surface area contributed by atoms with Crippen LogP contribution in [0.15, 0.2) is 35.2 Å². The Morgan fingerprint density at radius 1 is 1.42 bits per heavy atom. The van der Waals surface area contributed by atoms with Crippen LogP contribution in [0.5, 0.6) is 0 Å². The van der Waals surface area contributed by atoms with Gasteiger partial charge in [0, 0.05) is 34.8 Å². The number of rotatable bonds is 4. The number of thiazole rings is 1. The van der Waals surface area contributed by atoms with Gasteiger partial charge in [0.05, 0.1) is 11.2 Å². The number of para-hydroxylation sites is 1. The number of amides is 1. The van der Waals surface area contributed by atoms with Crippen LogP contribution in [0, 0.1) is 0 Å². The molecule has 1 aliphatic heterocycles. The van der Waals surface area contributed by atoms with Crippen molar-refractivity contribution in [3.8, 4) is 0 Å². The van der Waals surface area contributed by atoms with Gasteiger partial charge in [-0.05, 0) is 6.07 Å². The van der Waals surface area contributed by atoms with E-state index < -0.39 is 12.0 Å². The van der Waals surface area contributed by atoms with Gasteiger partial charge in [-0.1, -0.05) is 18.2 Å². The summed E-state index contributed by atoms with van der Waals surface area (Å²) in [5, 5.41) is 12.3. The van der Waals surface area contributed by atoms with Crippen molar-refractivity contribution in [2.45, 2.75) is 19.0 Å². The molecule has 2 aromatic heterocycles. The van der Waals surface area contributed by atoms with Gasteiger partial charge in [-0.2, -0.15) is 0 Å². The molecule has 0 radical (unpaired) electrons. The number of H-pyrrole nitrogens is 1. The molecule has 0 fully saturated rings. The number of carbonyl (C=O) groups excluding carboxylic acids is 1. The summed E-state index contributed by atoms with van der Waals surface area (Å²) in [7, 11) is 0. The van der Waals surface area contributed by atoms with E-state index in [1.54, 1.807) is 5.51 Å². The molecular formula is C16H13LiN3O3S+. The second-order valence-corrected chi connectivity index (χ2v) is 6.21.